The van der Waals surface area contributed by atoms with E-state index in [1.165, 1.54) is 0 Å². The molecular weight excluding hydrogens is 444 g/mol. The first-order chi connectivity index (χ1) is 16.9. The van der Waals surface area contributed by atoms with Gasteiger partial charge in [0.1, 0.15) is 12.6 Å². The number of nitrogens with one attached hydrogen (secondary N) is 2. The van der Waals surface area contributed by atoms with Crippen LogP contribution < -0.4 is 10.6 Å². The van der Waals surface area contributed by atoms with Crippen LogP contribution in [0.3, 0.4) is 0 Å². The Morgan fingerprint density at radius 1 is 0.943 bits per heavy atom. The molecule has 1 saturated carbocycles. The third-order valence-electron chi connectivity index (χ3n) is 7.23. The molecule has 4 rings (SSSR count). The quantitative estimate of drug-likeness (QED) is 0.501. The lowest BCUT2D eigenvalue weighted by atomic mass is 9.94. The van der Waals surface area contributed by atoms with E-state index in [1.807, 2.05) is 38.1 Å². The number of hydrogen-bond donors (Lipinski definition) is 3. The largest absolute Gasteiger partial charge is 0.481 e. The number of rotatable bonds is 7. The van der Waals surface area contributed by atoms with Gasteiger partial charge in [0.15, 0.2) is 0 Å². The summed E-state index contributed by atoms with van der Waals surface area (Å²) in [6.07, 6.45) is 3.19. The average Bonchev–Trinajstić information content (AvgIpc) is 2.97. The first-order valence-corrected chi connectivity index (χ1v) is 12.5. The summed E-state index contributed by atoms with van der Waals surface area (Å²) in [6, 6.07) is 15.0. The van der Waals surface area contributed by atoms with Crippen LogP contribution in [-0.2, 0) is 14.3 Å². The molecule has 2 aliphatic carbocycles. The number of amides is 2. The standard InChI is InChI=1S/C28H34N2O5/c1-17(2)25(26(31)29-24-15-5-3-4-14-22(24)27(32)33)30-28(34)35-16-23-20-12-8-6-10-18(20)19-11-7-9-13-21(19)23/h6-13,17,22-25H,3-5,14-16H2,1-2H3,(H,29,31)(H,30,34)(H,32,33)/t22-,24+,25-/m0/s1. The van der Waals surface area contributed by atoms with Gasteiger partial charge in [0, 0.05) is 12.0 Å². The predicted molar refractivity (Wildman–Crippen MR) is 133 cm³/mol. The van der Waals surface area contributed by atoms with Crippen LogP contribution in [0.5, 0.6) is 0 Å². The van der Waals surface area contributed by atoms with Crippen molar-refractivity contribution >= 4 is 18.0 Å². The molecule has 35 heavy (non-hydrogen) atoms. The minimum atomic E-state index is -0.886. The van der Waals surface area contributed by atoms with Gasteiger partial charge in [-0.05, 0) is 41.0 Å². The molecular formula is C28H34N2O5. The van der Waals surface area contributed by atoms with Crippen LogP contribution in [0.4, 0.5) is 4.79 Å². The second kappa shape index (κ2) is 10.9. The number of fused-ring (bicyclic) bond motifs is 3. The molecule has 0 spiro atoms. The molecule has 0 radical (unpaired) electrons. The topological polar surface area (TPSA) is 105 Å². The third kappa shape index (κ3) is 5.50. The van der Waals surface area contributed by atoms with Gasteiger partial charge in [0.25, 0.3) is 0 Å². The van der Waals surface area contributed by atoms with Crippen molar-refractivity contribution in [2.45, 2.75) is 64.0 Å². The summed E-state index contributed by atoms with van der Waals surface area (Å²) < 4.78 is 5.62. The van der Waals surface area contributed by atoms with Crippen molar-refractivity contribution in [1.82, 2.24) is 10.6 Å². The number of alkyl carbamates (subject to hydrolysis) is 1. The average molecular weight is 479 g/mol. The number of ether oxygens (including phenoxy) is 1. The van der Waals surface area contributed by atoms with Crippen molar-refractivity contribution in [3.63, 3.8) is 0 Å². The Bertz CT molecular complexity index is 1040. The van der Waals surface area contributed by atoms with Gasteiger partial charge >= 0.3 is 12.1 Å². The van der Waals surface area contributed by atoms with Crippen LogP contribution in [0.2, 0.25) is 0 Å². The molecule has 2 aromatic carbocycles. The fourth-order valence-electron chi connectivity index (χ4n) is 5.35. The molecule has 0 aromatic heterocycles. The zero-order valence-corrected chi connectivity index (χ0v) is 20.3. The molecule has 0 heterocycles. The molecule has 0 unspecified atom stereocenters. The van der Waals surface area contributed by atoms with E-state index < -0.39 is 30.1 Å². The first kappa shape index (κ1) is 24.8. The normalized spacial score (nSPS) is 20.3. The van der Waals surface area contributed by atoms with E-state index in [0.717, 1.165) is 41.5 Å². The zero-order valence-electron chi connectivity index (χ0n) is 20.3. The smallest absolute Gasteiger partial charge is 0.407 e. The molecule has 3 atom stereocenters. The molecule has 1 fully saturated rings. The minimum absolute atomic E-state index is 0.0678. The Balaban J connectivity index is 1.40. The van der Waals surface area contributed by atoms with Gasteiger partial charge in [0.05, 0.1) is 5.92 Å². The minimum Gasteiger partial charge on any atom is -0.481 e. The van der Waals surface area contributed by atoms with Crippen LogP contribution in [0.25, 0.3) is 11.1 Å². The second-order valence-corrected chi connectivity index (χ2v) is 9.89. The van der Waals surface area contributed by atoms with Gasteiger partial charge in [-0.1, -0.05) is 81.6 Å². The molecule has 186 valence electrons. The summed E-state index contributed by atoms with van der Waals surface area (Å²) in [4.78, 5) is 37.6. The molecule has 2 aliphatic rings. The summed E-state index contributed by atoms with van der Waals surface area (Å²) in [5, 5.41) is 15.2. The molecule has 7 nitrogen and oxygen atoms in total. The fourth-order valence-corrected chi connectivity index (χ4v) is 5.35. The SMILES string of the molecule is CC(C)[C@H](NC(=O)OCC1c2ccccc2-c2ccccc21)C(=O)N[C@@H]1CCCCC[C@@H]1C(=O)O. The summed E-state index contributed by atoms with van der Waals surface area (Å²) >= 11 is 0. The Kier molecular flexibility index (Phi) is 7.73. The Hall–Kier alpha value is -3.35. The summed E-state index contributed by atoms with van der Waals surface area (Å²) in [5.41, 5.74) is 4.53. The van der Waals surface area contributed by atoms with Gasteiger partial charge in [-0.2, -0.15) is 0 Å². The van der Waals surface area contributed by atoms with E-state index in [-0.39, 0.29) is 24.3 Å². The van der Waals surface area contributed by atoms with Crippen LogP contribution in [0.1, 0.15) is 63.0 Å². The fraction of sp³-hybridized carbons (Fsp3) is 0.464. The van der Waals surface area contributed by atoms with Crippen molar-refractivity contribution in [2.75, 3.05) is 6.61 Å². The number of carbonyl (C=O) groups is 3. The maximum Gasteiger partial charge on any atom is 0.407 e. The number of hydrogen-bond acceptors (Lipinski definition) is 4. The van der Waals surface area contributed by atoms with Gasteiger partial charge < -0.3 is 20.5 Å². The molecule has 7 heteroatoms. The van der Waals surface area contributed by atoms with E-state index >= 15 is 0 Å². The molecule has 0 saturated heterocycles. The van der Waals surface area contributed by atoms with Gasteiger partial charge in [-0.15, -0.1) is 0 Å². The molecule has 0 aliphatic heterocycles. The predicted octanol–water partition coefficient (Wildman–Crippen LogP) is 4.70. The van der Waals surface area contributed by atoms with Crippen molar-refractivity contribution in [1.29, 1.82) is 0 Å². The lowest BCUT2D eigenvalue weighted by molar-refractivity contribution is -0.143. The highest BCUT2D eigenvalue weighted by atomic mass is 16.5. The Morgan fingerprint density at radius 3 is 2.14 bits per heavy atom. The lowest BCUT2D eigenvalue weighted by Crippen LogP contribution is -2.54. The summed E-state index contributed by atoms with van der Waals surface area (Å²) in [7, 11) is 0. The lowest BCUT2D eigenvalue weighted by Gasteiger charge is -2.27. The Morgan fingerprint density at radius 2 is 1.54 bits per heavy atom. The molecule has 2 aromatic rings. The third-order valence-corrected chi connectivity index (χ3v) is 7.23. The van der Waals surface area contributed by atoms with Crippen molar-refractivity contribution < 1.29 is 24.2 Å². The van der Waals surface area contributed by atoms with Crippen molar-refractivity contribution in [3.05, 3.63) is 59.7 Å². The molecule has 3 N–H and O–H groups in total. The number of benzene rings is 2. The van der Waals surface area contributed by atoms with Gasteiger partial charge in [-0.25, -0.2) is 4.79 Å². The Labute approximate surface area is 206 Å². The van der Waals surface area contributed by atoms with Gasteiger partial charge in [-0.3, -0.25) is 9.59 Å². The van der Waals surface area contributed by atoms with Crippen LogP contribution in [0.15, 0.2) is 48.5 Å². The van der Waals surface area contributed by atoms with E-state index in [9.17, 15) is 19.5 Å². The number of aliphatic carboxylic acids is 1. The summed E-state index contributed by atoms with van der Waals surface area (Å²) in [5.74, 6) is -2.12. The zero-order chi connectivity index (χ0) is 24.9. The van der Waals surface area contributed by atoms with Crippen LogP contribution in [0, 0.1) is 11.8 Å². The highest BCUT2D eigenvalue weighted by Crippen LogP contribution is 2.44. The maximum absolute atomic E-state index is 13.1. The van der Waals surface area contributed by atoms with E-state index in [0.29, 0.717) is 12.8 Å². The van der Waals surface area contributed by atoms with Crippen molar-refractivity contribution in [3.8, 4) is 11.1 Å². The maximum atomic E-state index is 13.1. The van der Waals surface area contributed by atoms with E-state index in [1.54, 1.807) is 0 Å². The van der Waals surface area contributed by atoms with Crippen LogP contribution in [-0.4, -0.2) is 41.8 Å². The first-order valence-electron chi connectivity index (χ1n) is 12.5. The van der Waals surface area contributed by atoms with E-state index in [4.69, 9.17) is 4.74 Å². The number of carboxylic acid groups (broad SMARTS) is 1. The summed E-state index contributed by atoms with van der Waals surface area (Å²) in [6.45, 7) is 3.85. The number of carbonyl (C=O) groups excluding carboxylic acids is 2. The molecule has 0 bridgehead atoms. The van der Waals surface area contributed by atoms with E-state index in [2.05, 4.69) is 34.9 Å². The highest BCUT2D eigenvalue weighted by molar-refractivity contribution is 5.87. The van der Waals surface area contributed by atoms with Gasteiger partial charge in [0.2, 0.25) is 5.91 Å². The van der Waals surface area contributed by atoms with Crippen LogP contribution >= 0.6 is 0 Å². The monoisotopic (exact) mass is 478 g/mol. The number of carboxylic acids is 1. The molecule has 2 amide bonds. The second-order valence-electron chi connectivity index (χ2n) is 9.89. The van der Waals surface area contributed by atoms with Crippen molar-refractivity contribution in [2.24, 2.45) is 11.8 Å². The highest BCUT2D eigenvalue weighted by Gasteiger charge is 2.34.